The van der Waals surface area contributed by atoms with Crippen molar-refractivity contribution in [1.82, 2.24) is 14.7 Å². The van der Waals surface area contributed by atoms with Gasteiger partial charge in [-0.3, -0.25) is 9.48 Å². The van der Waals surface area contributed by atoms with Crippen molar-refractivity contribution in [2.75, 3.05) is 24.5 Å². The lowest BCUT2D eigenvalue weighted by molar-refractivity contribution is 0.0744. The Morgan fingerprint density at radius 3 is 2.71 bits per heavy atom. The summed E-state index contributed by atoms with van der Waals surface area (Å²) in [6, 6.07) is 4.15. The van der Waals surface area contributed by atoms with Gasteiger partial charge in [0.15, 0.2) is 5.82 Å². The van der Waals surface area contributed by atoms with Crippen molar-refractivity contribution in [2.24, 2.45) is 13.0 Å². The molecule has 0 saturated heterocycles. The van der Waals surface area contributed by atoms with Crippen LogP contribution in [-0.4, -0.2) is 40.2 Å². The van der Waals surface area contributed by atoms with Gasteiger partial charge in [-0.15, -0.1) is 0 Å². The van der Waals surface area contributed by atoms with Crippen LogP contribution in [-0.2, 0) is 13.5 Å². The second kappa shape index (κ2) is 7.43. The van der Waals surface area contributed by atoms with Gasteiger partial charge in [-0.2, -0.15) is 5.10 Å². The molecule has 1 aromatic carbocycles. The smallest absolute Gasteiger partial charge is 0.272 e. The van der Waals surface area contributed by atoms with E-state index in [0.29, 0.717) is 5.92 Å². The van der Waals surface area contributed by atoms with Gasteiger partial charge < -0.3 is 9.80 Å². The zero-order valence-electron chi connectivity index (χ0n) is 17.3. The maximum absolute atomic E-state index is 13.3. The van der Waals surface area contributed by atoms with Crippen LogP contribution in [0.5, 0.6) is 0 Å². The molecule has 1 fully saturated rings. The van der Waals surface area contributed by atoms with E-state index in [0.717, 1.165) is 71.4 Å². The highest BCUT2D eigenvalue weighted by molar-refractivity contribution is 6.33. The van der Waals surface area contributed by atoms with Crippen LogP contribution in [0.2, 0.25) is 5.02 Å². The molecule has 5 nitrogen and oxygen atoms in total. The van der Waals surface area contributed by atoms with Crippen molar-refractivity contribution in [3.8, 4) is 0 Å². The van der Waals surface area contributed by atoms with E-state index >= 15 is 0 Å². The lowest BCUT2D eigenvalue weighted by Gasteiger charge is -2.30. The summed E-state index contributed by atoms with van der Waals surface area (Å²) in [6.07, 6.45) is 4.35. The minimum absolute atomic E-state index is 0.110. The van der Waals surface area contributed by atoms with Gasteiger partial charge in [0, 0.05) is 32.2 Å². The number of halogens is 1. The zero-order valence-corrected chi connectivity index (χ0v) is 18.0. The second-order valence-electron chi connectivity index (χ2n) is 8.23. The van der Waals surface area contributed by atoms with Gasteiger partial charge in [0.05, 0.1) is 10.7 Å². The van der Waals surface area contributed by atoms with Gasteiger partial charge in [-0.25, -0.2) is 0 Å². The fraction of sp³-hybridized carbons (Fsp3) is 0.545. The Kier molecular flexibility index (Phi) is 5.13. The number of amides is 1. The van der Waals surface area contributed by atoms with E-state index in [1.165, 1.54) is 12.8 Å². The Hall–Kier alpha value is -2.01. The highest BCUT2D eigenvalue weighted by Crippen LogP contribution is 2.40. The third kappa shape index (κ3) is 3.41. The molecule has 0 spiro atoms. The van der Waals surface area contributed by atoms with Gasteiger partial charge in [0.25, 0.3) is 5.91 Å². The lowest BCUT2D eigenvalue weighted by Crippen LogP contribution is -2.35. The quantitative estimate of drug-likeness (QED) is 0.733. The average Bonchev–Trinajstić information content (AvgIpc) is 3.39. The number of carbonyl (C=O) groups excluding carboxylic acids is 1. The molecule has 6 heteroatoms. The van der Waals surface area contributed by atoms with Crippen molar-refractivity contribution < 1.29 is 4.79 Å². The lowest BCUT2D eigenvalue weighted by atomic mass is 10.0. The molecular weight excluding hydrogens is 372 g/mol. The molecule has 1 aromatic heterocycles. The molecule has 0 atom stereocenters. The predicted molar refractivity (Wildman–Crippen MR) is 114 cm³/mol. The fourth-order valence-electron chi connectivity index (χ4n) is 4.37. The first-order valence-corrected chi connectivity index (χ1v) is 10.7. The van der Waals surface area contributed by atoms with Crippen molar-refractivity contribution in [1.29, 1.82) is 0 Å². The summed E-state index contributed by atoms with van der Waals surface area (Å²) in [5, 5.41) is 5.53. The molecule has 1 aliphatic carbocycles. The molecule has 1 amide bonds. The summed E-state index contributed by atoms with van der Waals surface area (Å²) >= 11 is 6.63. The summed E-state index contributed by atoms with van der Waals surface area (Å²) < 4.78 is 1.78. The normalized spacial score (nSPS) is 16.2. The molecule has 4 rings (SSSR count). The van der Waals surface area contributed by atoms with Crippen LogP contribution in [0, 0.1) is 19.8 Å². The molecule has 2 heterocycles. The van der Waals surface area contributed by atoms with Gasteiger partial charge in [-0.05, 0) is 69.6 Å². The maximum Gasteiger partial charge on any atom is 0.272 e. The first-order chi connectivity index (χ1) is 13.4. The van der Waals surface area contributed by atoms with Crippen LogP contribution in [0.25, 0.3) is 0 Å². The number of fused-ring (bicyclic) bond motifs is 1. The van der Waals surface area contributed by atoms with Gasteiger partial charge >= 0.3 is 0 Å². The number of aryl methyl sites for hydroxylation is 3. The monoisotopic (exact) mass is 400 g/mol. The highest BCUT2D eigenvalue weighted by atomic mass is 35.5. The molecule has 0 radical (unpaired) electrons. The number of carbonyl (C=O) groups is 1. The fourth-order valence-corrected chi connectivity index (χ4v) is 4.80. The number of anilines is 2. The molecule has 28 heavy (non-hydrogen) atoms. The summed E-state index contributed by atoms with van der Waals surface area (Å²) in [5.74, 6) is 1.67. The van der Waals surface area contributed by atoms with E-state index < -0.39 is 0 Å². The number of nitrogens with zero attached hydrogens (tertiary/aromatic N) is 4. The maximum atomic E-state index is 13.3. The van der Waals surface area contributed by atoms with Crippen LogP contribution in [0.15, 0.2) is 12.1 Å². The third-order valence-electron chi connectivity index (χ3n) is 5.90. The van der Waals surface area contributed by atoms with Crippen LogP contribution < -0.4 is 4.90 Å². The molecule has 2 aliphatic rings. The molecular formula is C22H29ClN4O. The van der Waals surface area contributed by atoms with Crippen LogP contribution in [0.3, 0.4) is 0 Å². The standard InChI is InChI=1S/C22H29ClN4O/c1-5-26(13-16-8-9-16)22(28)20-17-7-6-10-27(21(17)24-25(20)4)19-15(3)11-14(2)12-18(19)23/h11-12,16H,5-10,13H2,1-4H3. The Morgan fingerprint density at radius 1 is 1.32 bits per heavy atom. The van der Waals surface area contributed by atoms with E-state index in [9.17, 15) is 4.79 Å². The Balaban J connectivity index is 1.74. The van der Waals surface area contributed by atoms with Gasteiger partial charge in [-0.1, -0.05) is 17.7 Å². The first-order valence-electron chi connectivity index (χ1n) is 10.3. The summed E-state index contributed by atoms with van der Waals surface area (Å²) in [4.78, 5) is 17.5. The SMILES string of the molecule is CCN(CC1CC1)C(=O)c1c2c(nn1C)N(c1c(C)cc(C)cc1Cl)CCC2. The van der Waals surface area contributed by atoms with Crippen molar-refractivity contribution >= 4 is 29.0 Å². The number of aromatic nitrogens is 2. The van der Waals surface area contributed by atoms with Crippen molar-refractivity contribution in [2.45, 2.75) is 46.5 Å². The van der Waals surface area contributed by atoms with Crippen molar-refractivity contribution in [3.05, 3.63) is 39.5 Å². The minimum atomic E-state index is 0.110. The highest BCUT2D eigenvalue weighted by Gasteiger charge is 2.33. The molecule has 0 unspecified atom stereocenters. The first kappa shape index (κ1) is 19.3. The number of rotatable bonds is 5. The number of benzene rings is 1. The Bertz CT molecular complexity index is 892. The van der Waals surface area contributed by atoms with Crippen molar-refractivity contribution in [3.63, 3.8) is 0 Å². The van der Waals surface area contributed by atoms with Crippen LogP contribution >= 0.6 is 11.6 Å². The van der Waals surface area contributed by atoms with E-state index in [1.807, 2.05) is 18.0 Å². The Morgan fingerprint density at radius 2 is 2.07 bits per heavy atom. The summed E-state index contributed by atoms with van der Waals surface area (Å²) in [6.45, 7) is 8.67. The van der Waals surface area contributed by atoms with Gasteiger partial charge in [0.2, 0.25) is 0 Å². The number of hydrogen-bond acceptors (Lipinski definition) is 3. The molecule has 0 bridgehead atoms. The molecule has 0 N–H and O–H groups in total. The van der Waals surface area contributed by atoms with E-state index in [-0.39, 0.29) is 5.91 Å². The molecule has 150 valence electrons. The average molecular weight is 401 g/mol. The van der Waals surface area contributed by atoms with E-state index in [2.05, 4.69) is 31.7 Å². The molecule has 1 saturated carbocycles. The van der Waals surface area contributed by atoms with E-state index in [4.69, 9.17) is 16.7 Å². The van der Waals surface area contributed by atoms with E-state index in [1.54, 1.807) is 4.68 Å². The Labute approximate surface area is 172 Å². The topological polar surface area (TPSA) is 41.4 Å². The zero-order chi connectivity index (χ0) is 20.0. The van der Waals surface area contributed by atoms with Gasteiger partial charge in [0.1, 0.15) is 5.69 Å². The van der Waals surface area contributed by atoms with Crippen LogP contribution in [0.4, 0.5) is 11.5 Å². The number of hydrogen-bond donors (Lipinski definition) is 0. The third-order valence-corrected chi connectivity index (χ3v) is 6.19. The minimum Gasteiger partial charge on any atom is -0.337 e. The van der Waals surface area contributed by atoms with Crippen LogP contribution in [0.1, 0.15) is 53.4 Å². The molecule has 2 aromatic rings. The summed E-state index contributed by atoms with van der Waals surface area (Å²) in [7, 11) is 1.89. The predicted octanol–water partition coefficient (Wildman–Crippen LogP) is 4.65. The summed E-state index contributed by atoms with van der Waals surface area (Å²) in [5.41, 5.74) is 5.10. The molecule has 1 aliphatic heterocycles. The largest absolute Gasteiger partial charge is 0.337 e. The second-order valence-corrected chi connectivity index (χ2v) is 8.64.